The van der Waals surface area contributed by atoms with Crippen molar-refractivity contribution in [1.82, 2.24) is 9.97 Å². The molecule has 9 aromatic rings. The van der Waals surface area contributed by atoms with Gasteiger partial charge in [0.25, 0.3) is 0 Å². The highest BCUT2D eigenvalue weighted by atomic mass is 14.9. The van der Waals surface area contributed by atoms with Crippen molar-refractivity contribution >= 4 is 0 Å². The summed E-state index contributed by atoms with van der Waals surface area (Å²) in [5.41, 5.74) is 20.5. The molecule has 8 aromatic carbocycles. The first-order valence-electron chi connectivity index (χ1n) is 21.7. The number of fused-ring (bicyclic) bond motifs is 5. The smallest absolute Gasteiger partial charge is 0.160 e. The largest absolute Gasteiger partial charge is 0.228 e. The zero-order valence-corrected chi connectivity index (χ0v) is 34.4. The topological polar surface area (TPSA) is 49.6 Å². The summed E-state index contributed by atoms with van der Waals surface area (Å²) in [6, 6.07) is 73.7. The van der Waals surface area contributed by atoms with E-state index in [0.717, 1.165) is 57.6 Å². The SMILES string of the molecule is N#Cc1ccc2c(c1)C1(CCCCC1)c1cccc(-c3cccc(-c4cccc(-c5ccc(-c6cc(-c7ccc(-c8ccccc8)cc7)nc(-c7ccccc7)n6)cc5)c4)c3)c1-2. The normalized spacial score (nSPS) is 13.6. The summed E-state index contributed by atoms with van der Waals surface area (Å²) < 4.78 is 0. The molecule has 0 N–H and O–H groups in total. The van der Waals surface area contributed by atoms with E-state index in [-0.39, 0.29) is 5.41 Å². The molecule has 1 saturated carbocycles. The van der Waals surface area contributed by atoms with Crippen molar-refractivity contribution < 1.29 is 0 Å². The number of benzene rings is 8. The lowest BCUT2D eigenvalue weighted by molar-refractivity contribution is 0.353. The summed E-state index contributed by atoms with van der Waals surface area (Å²) in [6.07, 6.45) is 5.99. The number of nitrogens with zero attached hydrogens (tertiary/aromatic N) is 3. The minimum absolute atomic E-state index is 0.0116. The number of nitriles is 1. The third kappa shape index (κ3) is 6.71. The highest BCUT2D eigenvalue weighted by Crippen LogP contribution is 2.58. The van der Waals surface area contributed by atoms with E-state index >= 15 is 0 Å². The highest BCUT2D eigenvalue weighted by Gasteiger charge is 2.44. The van der Waals surface area contributed by atoms with Gasteiger partial charge in [-0.1, -0.05) is 189 Å². The molecule has 1 fully saturated rings. The molecule has 2 aliphatic carbocycles. The van der Waals surface area contributed by atoms with Gasteiger partial charge >= 0.3 is 0 Å². The summed E-state index contributed by atoms with van der Waals surface area (Å²) in [4.78, 5) is 10.2. The van der Waals surface area contributed by atoms with Crippen LogP contribution in [0.15, 0.2) is 200 Å². The second kappa shape index (κ2) is 15.7. The summed E-state index contributed by atoms with van der Waals surface area (Å²) in [7, 11) is 0. The molecule has 294 valence electrons. The molecule has 2 aliphatic rings. The van der Waals surface area contributed by atoms with E-state index in [4.69, 9.17) is 9.97 Å². The molecule has 11 rings (SSSR count). The average molecular weight is 794 g/mol. The van der Waals surface area contributed by atoms with Crippen LogP contribution in [0.5, 0.6) is 0 Å². The predicted molar refractivity (Wildman–Crippen MR) is 254 cm³/mol. The molecule has 1 heterocycles. The van der Waals surface area contributed by atoms with Crippen LogP contribution in [0.4, 0.5) is 0 Å². The third-order valence-corrected chi connectivity index (χ3v) is 13.2. The molecule has 0 radical (unpaired) electrons. The summed E-state index contributed by atoms with van der Waals surface area (Å²) in [5, 5.41) is 9.86. The van der Waals surface area contributed by atoms with Crippen molar-refractivity contribution in [2.75, 3.05) is 0 Å². The standard InChI is InChI=1S/C59H43N3/c60-39-40-23-32-52-54(35-40)59(33-8-3-9-34-59)53-22-12-21-51(57(52)53)50-20-11-19-49(37-50)48-18-10-17-47(36-48)43-26-30-45(31-27-43)56-38-55(61-58(62-56)46-15-6-2-7-16-46)44-28-24-42(25-29-44)41-13-4-1-5-14-41/h1-2,4-7,10-32,35-38H,3,8-9,33-34H2. The van der Waals surface area contributed by atoms with E-state index in [9.17, 15) is 5.26 Å². The Kier molecular flexibility index (Phi) is 9.48. The lowest BCUT2D eigenvalue weighted by atomic mass is 9.67. The molecule has 3 heteroatoms. The van der Waals surface area contributed by atoms with Gasteiger partial charge in [-0.05, 0) is 110 Å². The van der Waals surface area contributed by atoms with Gasteiger partial charge in [0.1, 0.15) is 0 Å². The Bertz CT molecular complexity index is 3140. The molecular formula is C59H43N3. The Hall–Kier alpha value is -7.67. The van der Waals surface area contributed by atoms with Crippen LogP contribution in [-0.4, -0.2) is 9.97 Å². The molecule has 1 aromatic heterocycles. The van der Waals surface area contributed by atoms with Gasteiger partial charge in [-0.2, -0.15) is 5.26 Å². The third-order valence-electron chi connectivity index (χ3n) is 13.2. The van der Waals surface area contributed by atoms with Gasteiger partial charge in [-0.3, -0.25) is 0 Å². The lowest BCUT2D eigenvalue weighted by Gasteiger charge is -2.36. The summed E-state index contributed by atoms with van der Waals surface area (Å²) in [5.74, 6) is 0.704. The molecule has 0 atom stereocenters. The molecule has 0 amide bonds. The van der Waals surface area contributed by atoms with Gasteiger partial charge in [-0.25, -0.2) is 9.97 Å². The molecular weight excluding hydrogens is 751 g/mol. The molecule has 0 saturated heterocycles. The van der Waals surface area contributed by atoms with Crippen molar-refractivity contribution in [3.05, 3.63) is 217 Å². The van der Waals surface area contributed by atoms with Gasteiger partial charge in [0.15, 0.2) is 5.82 Å². The molecule has 0 aliphatic heterocycles. The number of hydrogen-bond donors (Lipinski definition) is 0. The molecule has 0 bridgehead atoms. The minimum Gasteiger partial charge on any atom is -0.228 e. The van der Waals surface area contributed by atoms with Crippen molar-refractivity contribution in [3.63, 3.8) is 0 Å². The lowest BCUT2D eigenvalue weighted by Crippen LogP contribution is -2.28. The van der Waals surface area contributed by atoms with Gasteiger partial charge in [0.05, 0.1) is 23.0 Å². The average Bonchev–Trinajstić information content (AvgIpc) is 3.62. The van der Waals surface area contributed by atoms with E-state index in [1.807, 2.05) is 30.3 Å². The van der Waals surface area contributed by atoms with Crippen molar-refractivity contribution in [2.45, 2.75) is 37.5 Å². The van der Waals surface area contributed by atoms with Crippen LogP contribution in [0.2, 0.25) is 0 Å². The fraction of sp³-hybridized carbons (Fsp3) is 0.102. The first kappa shape index (κ1) is 37.3. The van der Waals surface area contributed by atoms with E-state index in [0.29, 0.717) is 5.82 Å². The fourth-order valence-corrected chi connectivity index (χ4v) is 10.1. The number of rotatable bonds is 7. The van der Waals surface area contributed by atoms with Crippen LogP contribution in [0, 0.1) is 11.3 Å². The van der Waals surface area contributed by atoms with Crippen molar-refractivity contribution in [3.8, 4) is 95.6 Å². The molecule has 3 nitrogen and oxygen atoms in total. The number of hydrogen-bond acceptors (Lipinski definition) is 3. The zero-order chi connectivity index (χ0) is 41.5. The first-order chi connectivity index (χ1) is 30.6. The van der Waals surface area contributed by atoms with Crippen molar-refractivity contribution in [2.24, 2.45) is 0 Å². The Morgan fingerprint density at radius 1 is 0.371 bits per heavy atom. The van der Waals surface area contributed by atoms with Gasteiger partial charge in [0.2, 0.25) is 0 Å². The van der Waals surface area contributed by atoms with Crippen LogP contribution >= 0.6 is 0 Å². The second-order valence-corrected chi connectivity index (χ2v) is 16.8. The van der Waals surface area contributed by atoms with E-state index < -0.39 is 0 Å². The van der Waals surface area contributed by atoms with Gasteiger partial charge < -0.3 is 0 Å². The Balaban J connectivity index is 0.913. The van der Waals surface area contributed by atoms with Crippen LogP contribution < -0.4 is 0 Å². The minimum atomic E-state index is -0.0116. The highest BCUT2D eigenvalue weighted by molar-refractivity contribution is 5.94. The first-order valence-corrected chi connectivity index (χ1v) is 21.7. The summed E-state index contributed by atoms with van der Waals surface area (Å²) >= 11 is 0. The monoisotopic (exact) mass is 793 g/mol. The van der Waals surface area contributed by atoms with Crippen LogP contribution in [0.1, 0.15) is 48.8 Å². The maximum Gasteiger partial charge on any atom is 0.160 e. The maximum atomic E-state index is 9.86. The van der Waals surface area contributed by atoms with E-state index in [2.05, 4.69) is 176 Å². The van der Waals surface area contributed by atoms with Gasteiger partial charge in [-0.15, -0.1) is 0 Å². The maximum absolute atomic E-state index is 9.86. The zero-order valence-electron chi connectivity index (χ0n) is 34.4. The quantitative estimate of drug-likeness (QED) is 0.161. The van der Waals surface area contributed by atoms with Crippen LogP contribution in [0.3, 0.4) is 0 Å². The summed E-state index contributed by atoms with van der Waals surface area (Å²) in [6.45, 7) is 0. The van der Waals surface area contributed by atoms with Crippen LogP contribution in [0.25, 0.3) is 89.5 Å². The number of aromatic nitrogens is 2. The van der Waals surface area contributed by atoms with E-state index in [1.165, 1.54) is 74.9 Å². The Morgan fingerprint density at radius 2 is 0.871 bits per heavy atom. The van der Waals surface area contributed by atoms with E-state index in [1.54, 1.807) is 0 Å². The Morgan fingerprint density at radius 3 is 1.50 bits per heavy atom. The molecule has 62 heavy (non-hydrogen) atoms. The van der Waals surface area contributed by atoms with Gasteiger partial charge in [0, 0.05) is 22.1 Å². The fourth-order valence-electron chi connectivity index (χ4n) is 10.1. The molecule has 1 spiro atoms. The Labute approximate surface area is 363 Å². The van der Waals surface area contributed by atoms with Crippen LogP contribution in [-0.2, 0) is 5.41 Å². The molecule has 0 unspecified atom stereocenters. The van der Waals surface area contributed by atoms with Crippen molar-refractivity contribution in [1.29, 1.82) is 5.26 Å². The second-order valence-electron chi connectivity index (χ2n) is 16.8. The predicted octanol–water partition coefficient (Wildman–Crippen LogP) is 15.2.